The maximum atomic E-state index is 12.1. The number of hydrogen-bond acceptors (Lipinski definition) is 9. The molecule has 0 radical (unpaired) electrons. The van der Waals surface area contributed by atoms with E-state index in [1.54, 1.807) is 0 Å². The van der Waals surface area contributed by atoms with Crippen molar-refractivity contribution >= 4 is 34.1 Å². The number of rotatable bonds is 3. The minimum atomic E-state index is -0.539. The third-order valence-electron chi connectivity index (χ3n) is 2.71. The Labute approximate surface area is 128 Å². The SMILES string of the molecule is CSc1nsc(N=Nc2c(C)c(C#N)c(O)n(C)c2=O)n1. The van der Waals surface area contributed by atoms with Gasteiger partial charge in [0.2, 0.25) is 16.2 Å². The van der Waals surface area contributed by atoms with Crippen molar-refractivity contribution in [1.29, 1.82) is 5.26 Å². The van der Waals surface area contributed by atoms with Gasteiger partial charge in [0.05, 0.1) is 0 Å². The molecule has 0 bridgehead atoms. The summed E-state index contributed by atoms with van der Waals surface area (Å²) in [4.78, 5) is 16.1. The van der Waals surface area contributed by atoms with Gasteiger partial charge in [0.1, 0.15) is 11.6 Å². The second-order valence-corrected chi connectivity index (χ2v) is 5.42. The zero-order valence-corrected chi connectivity index (χ0v) is 13.0. The highest BCUT2D eigenvalue weighted by molar-refractivity contribution is 7.98. The summed E-state index contributed by atoms with van der Waals surface area (Å²) in [5, 5.41) is 27.4. The van der Waals surface area contributed by atoms with Crippen molar-refractivity contribution in [2.75, 3.05) is 6.26 Å². The van der Waals surface area contributed by atoms with Gasteiger partial charge in [0.15, 0.2) is 5.69 Å². The van der Waals surface area contributed by atoms with Crippen LogP contribution in [0, 0.1) is 18.3 Å². The van der Waals surface area contributed by atoms with Crippen LogP contribution in [0.5, 0.6) is 5.88 Å². The van der Waals surface area contributed by atoms with Gasteiger partial charge < -0.3 is 5.11 Å². The van der Waals surface area contributed by atoms with Crippen LogP contribution in [-0.2, 0) is 7.05 Å². The van der Waals surface area contributed by atoms with Crippen molar-refractivity contribution in [1.82, 2.24) is 13.9 Å². The molecule has 1 N–H and O–H groups in total. The van der Waals surface area contributed by atoms with Gasteiger partial charge in [0, 0.05) is 24.1 Å². The number of nitrogens with zero attached hydrogens (tertiary/aromatic N) is 6. The summed E-state index contributed by atoms with van der Waals surface area (Å²) in [5.41, 5.74) is -0.278. The van der Waals surface area contributed by atoms with Gasteiger partial charge in [-0.1, -0.05) is 11.8 Å². The van der Waals surface area contributed by atoms with Crippen LogP contribution in [0.1, 0.15) is 11.1 Å². The van der Waals surface area contributed by atoms with Crippen LogP contribution in [0.4, 0.5) is 10.8 Å². The summed E-state index contributed by atoms with van der Waals surface area (Å²) in [6.45, 7) is 1.53. The lowest BCUT2D eigenvalue weighted by atomic mass is 10.1. The lowest BCUT2D eigenvalue weighted by molar-refractivity contribution is 0.421. The number of aromatic hydroxyl groups is 1. The molecule has 2 heterocycles. The number of pyridine rings is 1. The number of azo groups is 1. The standard InChI is InChI=1S/C11H10N6O2S2/c1-5-6(4-12)8(18)17(2)9(19)7(5)14-15-10-13-11(20-3)16-21-10/h18H,1-3H3. The molecular weight excluding hydrogens is 312 g/mol. The average molecular weight is 322 g/mol. The maximum absolute atomic E-state index is 12.1. The number of hydrogen-bond donors (Lipinski definition) is 1. The van der Waals surface area contributed by atoms with Gasteiger partial charge >= 0.3 is 0 Å². The molecule has 0 aliphatic rings. The highest BCUT2D eigenvalue weighted by Crippen LogP contribution is 2.27. The van der Waals surface area contributed by atoms with Crippen LogP contribution in [0.2, 0.25) is 0 Å². The summed E-state index contributed by atoms with van der Waals surface area (Å²) in [7, 11) is 1.35. The molecular formula is C11H10N6O2S2. The normalized spacial score (nSPS) is 11.0. The first-order valence-electron chi connectivity index (χ1n) is 5.61. The quantitative estimate of drug-likeness (QED) is 0.684. The summed E-state index contributed by atoms with van der Waals surface area (Å²) >= 11 is 2.43. The molecule has 2 rings (SSSR count). The molecule has 0 aromatic carbocycles. The molecule has 0 saturated heterocycles. The van der Waals surface area contributed by atoms with E-state index >= 15 is 0 Å². The van der Waals surface area contributed by atoms with Crippen LogP contribution >= 0.6 is 23.3 Å². The first-order valence-corrected chi connectivity index (χ1v) is 7.61. The Bertz CT molecular complexity index is 817. The molecule has 0 spiro atoms. The van der Waals surface area contributed by atoms with Crippen LogP contribution in [-0.4, -0.2) is 25.3 Å². The fourth-order valence-corrected chi connectivity index (χ4v) is 2.59. The predicted octanol–water partition coefficient (Wildman–Crippen LogP) is 2.26. The third-order valence-corrected chi connectivity index (χ3v) is 3.97. The third kappa shape index (κ3) is 2.79. The number of nitriles is 1. The van der Waals surface area contributed by atoms with E-state index in [4.69, 9.17) is 5.26 Å². The average Bonchev–Trinajstić information content (AvgIpc) is 2.93. The smallest absolute Gasteiger partial charge is 0.281 e. The van der Waals surface area contributed by atoms with Gasteiger partial charge in [-0.3, -0.25) is 9.36 Å². The lowest BCUT2D eigenvalue weighted by Crippen LogP contribution is -2.18. The molecule has 10 heteroatoms. The van der Waals surface area contributed by atoms with E-state index in [-0.39, 0.29) is 22.7 Å². The molecule has 8 nitrogen and oxygen atoms in total. The van der Waals surface area contributed by atoms with E-state index < -0.39 is 5.56 Å². The first kappa shape index (κ1) is 15.1. The minimum absolute atomic E-state index is 0.00637. The molecule has 2 aromatic heterocycles. The van der Waals surface area contributed by atoms with Gasteiger partial charge in [-0.15, -0.1) is 10.2 Å². The summed E-state index contributed by atoms with van der Waals surface area (Å²) < 4.78 is 4.97. The number of thioether (sulfide) groups is 1. The monoisotopic (exact) mass is 322 g/mol. The van der Waals surface area contributed by atoms with Crippen molar-refractivity contribution in [3.8, 4) is 11.9 Å². The van der Waals surface area contributed by atoms with E-state index in [0.717, 1.165) is 16.1 Å². The Morgan fingerprint density at radius 3 is 2.76 bits per heavy atom. The Morgan fingerprint density at radius 2 is 2.19 bits per heavy atom. The van der Waals surface area contributed by atoms with E-state index in [1.165, 1.54) is 25.7 Å². The molecule has 0 atom stereocenters. The van der Waals surface area contributed by atoms with Crippen LogP contribution < -0.4 is 5.56 Å². The van der Waals surface area contributed by atoms with Crippen molar-refractivity contribution in [3.05, 3.63) is 21.5 Å². The summed E-state index contributed by atoms with van der Waals surface area (Å²) in [5.74, 6) is -0.389. The highest BCUT2D eigenvalue weighted by atomic mass is 32.2. The minimum Gasteiger partial charge on any atom is -0.493 e. The Hall–Kier alpha value is -2.25. The van der Waals surface area contributed by atoms with Crippen molar-refractivity contribution < 1.29 is 5.11 Å². The van der Waals surface area contributed by atoms with E-state index in [2.05, 4.69) is 19.6 Å². The molecule has 0 aliphatic carbocycles. The van der Waals surface area contributed by atoms with E-state index in [9.17, 15) is 9.90 Å². The lowest BCUT2D eigenvalue weighted by Gasteiger charge is -2.07. The Morgan fingerprint density at radius 1 is 1.48 bits per heavy atom. The fourth-order valence-electron chi connectivity index (χ4n) is 1.54. The second kappa shape index (κ2) is 6.02. The molecule has 21 heavy (non-hydrogen) atoms. The molecule has 0 unspecified atom stereocenters. The van der Waals surface area contributed by atoms with Gasteiger partial charge in [0.25, 0.3) is 5.56 Å². The van der Waals surface area contributed by atoms with Gasteiger partial charge in [-0.2, -0.15) is 14.6 Å². The molecule has 0 saturated carbocycles. The zero-order chi connectivity index (χ0) is 15.6. The van der Waals surface area contributed by atoms with E-state index in [0.29, 0.717) is 10.3 Å². The van der Waals surface area contributed by atoms with Crippen molar-refractivity contribution in [3.63, 3.8) is 0 Å². The predicted molar refractivity (Wildman–Crippen MR) is 78.7 cm³/mol. The molecule has 0 amide bonds. The van der Waals surface area contributed by atoms with Gasteiger partial charge in [-0.05, 0) is 13.2 Å². The van der Waals surface area contributed by atoms with E-state index in [1.807, 2.05) is 12.3 Å². The van der Waals surface area contributed by atoms with Crippen LogP contribution in [0.15, 0.2) is 20.2 Å². The maximum Gasteiger partial charge on any atom is 0.281 e. The largest absolute Gasteiger partial charge is 0.493 e. The fraction of sp³-hybridized carbons (Fsp3) is 0.273. The molecule has 0 aliphatic heterocycles. The second-order valence-electron chi connectivity index (χ2n) is 3.91. The highest BCUT2D eigenvalue weighted by Gasteiger charge is 2.17. The zero-order valence-electron chi connectivity index (χ0n) is 11.4. The molecule has 108 valence electrons. The Kier molecular flexibility index (Phi) is 4.35. The first-order chi connectivity index (χ1) is 9.99. The number of aromatic nitrogens is 3. The van der Waals surface area contributed by atoms with Crippen molar-refractivity contribution in [2.45, 2.75) is 12.1 Å². The Balaban J connectivity index is 2.52. The van der Waals surface area contributed by atoms with Gasteiger partial charge in [-0.25, -0.2) is 0 Å². The van der Waals surface area contributed by atoms with Crippen LogP contribution in [0.3, 0.4) is 0 Å². The topological polar surface area (TPSA) is 117 Å². The molecule has 2 aromatic rings. The van der Waals surface area contributed by atoms with Crippen molar-refractivity contribution in [2.24, 2.45) is 17.3 Å². The molecule has 0 fully saturated rings. The van der Waals surface area contributed by atoms with Crippen LogP contribution in [0.25, 0.3) is 0 Å². The summed E-state index contributed by atoms with van der Waals surface area (Å²) in [6.07, 6.45) is 1.84. The summed E-state index contributed by atoms with van der Waals surface area (Å²) in [6, 6.07) is 1.84.